The van der Waals surface area contributed by atoms with Crippen LogP contribution in [0.25, 0.3) is 0 Å². The molecule has 1 aliphatic heterocycles. The lowest BCUT2D eigenvalue weighted by atomic mass is 9.85. The highest BCUT2D eigenvalue weighted by Gasteiger charge is 2.58. The Hall–Kier alpha value is -1.69. The van der Waals surface area contributed by atoms with Gasteiger partial charge in [-0.2, -0.15) is 0 Å². The lowest BCUT2D eigenvalue weighted by Crippen LogP contribution is -2.44. The maximum atomic E-state index is 12.3. The van der Waals surface area contributed by atoms with Crippen LogP contribution in [0, 0.1) is 23.7 Å². The Morgan fingerprint density at radius 3 is 2.40 bits per heavy atom. The lowest BCUT2D eigenvalue weighted by Gasteiger charge is -2.17. The van der Waals surface area contributed by atoms with E-state index in [2.05, 4.69) is 17.5 Å². The second kappa shape index (κ2) is 4.70. The zero-order chi connectivity index (χ0) is 14.4. The van der Waals surface area contributed by atoms with Gasteiger partial charge in [0.1, 0.15) is 0 Å². The van der Waals surface area contributed by atoms with Crippen molar-refractivity contribution >= 4 is 17.7 Å². The lowest BCUT2D eigenvalue weighted by molar-refractivity contribution is -0.141. The molecule has 3 aliphatic rings. The Morgan fingerprint density at radius 2 is 1.90 bits per heavy atom. The Kier molecular flexibility index (Phi) is 3.12. The van der Waals surface area contributed by atoms with Crippen LogP contribution in [0.4, 0.5) is 0 Å². The molecule has 6 heteroatoms. The summed E-state index contributed by atoms with van der Waals surface area (Å²) in [6.07, 6.45) is 5.07. The first kappa shape index (κ1) is 13.3. The standard InChI is InChI=1S/C14H19N3O3/c1-7(15)12(18)16-4-5-17-13(19)10-8-2-3-9(6-8)11(10)14(17)20/h2-3,7-11H,4-6,15H2,1H3,(H,16,18)/t7-,8?,9?,10?,11?/m0/s1. The summed E-state index contributed by atoms with van der Waals surface area (Å²) in [6, 6.07) is -0.584. The largest absolute Gasteiger partial charge is 0.353 e. The number of carbonyl (C=O) groups is 3. The Balaban J connectivity index is 1.61. The van der Waals surface area contributed by atoms with Gasteiger partial charge >= 0.3 is 0 Å². The van der Waals surface area contributed by atoms with E-state index in [1.807, 2.05) is 0 Å². The third-order valence-corrected chi connectivity index (χ3v) is 4.61. The maximum Gasteiger partial charge on any atom is 0.236 e. The van der Waals surface area contributed by atoms with Gasteiger partial charge in [-0.15, -0.1) is 0 Å². The quantitative estimate of drug-likeness (QED) is 0.523. The molecule has 0 radical (unpaired) electrons. The third-order valence-electron chi connectivity index (χ3n) is 4.61. The number of nitrogens with two attached hydrogens (primary N) is 1. The number of fused-ring (bicyclic) bond motifs is 5. The van der Waals surface area contributed by atoms with Crippen LogP contribution in [0.15, 0.2) is 12.2 Å². The van der Waals surface area contributed by atoms with Gasteiger partial charge in [-0.1, -0.05) is 12.2 Å². The van der Waals surface area contributed by atoms with Crippen molar-refractivity contribution in [3.63, 3.8) is 0 Å². The maximum absolute atomic E-state index is 12.3. The average Bonchev–Trinajstić information content (AvgIpc) is 3.07. The number of imide groups is 1. The fourth-order valence-electron chi connectivity index (χ4n) is 3.64. The summed E-state index contributed by atoms with van der Waals surface area (Å²) >= 11 is 0. The van der Waals surface area contributed by atoms with E-state index < -0.39 is 6.04 Å². The molecule has 20 heavy (non-hydrogen) atoms. The molecule has 0 spiro atoms. The molecule has 0 aromatic heterocycles. The monoisotopic (exact) mass is 277 g/mol. The van der Waals surface area contributed by atoms with E-state index in [0.29, 0.717) is 0 Å². The molecule has 6 nitrogen and oxygen atoms in total. The van der Waals surface area contributed by atoms with Crippen molar-refractivity contribution in [3.8, 4) is 0 Å². The number of likely N-dealkylation sites (tertiary alicyclic amines) is 1. The van der Waals surface area contributed by atoms with Gasteiger partial charge < -0.3 is 11.1 Å². The molecule has 1 heterocycles. The van der Waals surface area contributed by atoms with Crippen molar-refractivity contribution in [2.24, 2.45) is 29.4 Å². The number of rotatable bonds is 4. The number of allylic oxidation sites excluding steroid dienone is 2. The minimum absolute atomic E-state index is 0.0769. The average molecular weight is 277 g/mol. The number of nitrogens with zero attached hydrogens (tertiary/aromatic N) is 1. The first-order valence-corrected chi connectivity index (χ1v) is 7.07. The van der Waals surface area contributed by atoms with Crippen molar-refractivity contribution in [1.82, 2.24) is 10.2 Å². The number of amides is 3. The van der Waals surface area contributed by atoms with Crippen LogP contribution in [0.1, 0.15) is 13.3 Å². The molecule has 1 saturated carbocycles. The highest BCUT2D eigenvalue weighted by molar-refractivity contribution is 6.06. The van der Waals surface area contributed by atoms with Crippen LogP contribution in [0.2, 0.25) is 0 Å². The van der Waals surface area contributed by atoms with Gasteiger partial charge in [-0.05, 0) is 25.2 Å². The molecule has 0 aromatic carbocycles. The smallest absolute Gasteiger partial charge is 0.236 e. The Labute approximate surface area is 117 Å². The summed E-state index contributed by atoms with van der Waals surface area (Å²) in [7, 11) is 0. The molecule has 2 fully saturated rings. The molecule has 108 valence electrons. The number of hydrogen-bond acceptors (Lipinski definition) is 4. The number of nitrogens with one attached hydrogen (secondary N) is 1. The molecule has 3 amide bonds. The summed E-state index contributed by atoms with van der Waals surface area (Å²) in [4.78, 5) is 37.3. The van der Waals surface area contributed by atoms with Crippen molar-refractivity contribution in [3.05, 3.63) is 12.2 Å². The summed E-state index contributed by atoms with van der Waals surface area (Å²) in [5, 5.41) is 2.63. The SMILES string of the molecule is C[C@H](N)C(=O)NCCN1C(=O)C2C3C=CC(C3)C2C1=O. The molecular formula is C14H19N3O3. The van der Waals surface area contributed by atoms with Crippen molar-refractivity contribution in [2.45, 2.75) is 19.4 Å². The second-order valence-corrected chi connectivity index (χ2v) is 5.91. The third kappa shape index (κ3) is 1.86. The molecule has 5 atom stereocenters. The van der Waals surface area contributed by atoms with Gasteiger partial charge in [-0.3, -0.25) is 19.3 Å². The van der Waals surface area contributed by atoms with Gasteiger partial charge in [0.15, 0.2) is 0 Å². The molecule has 2 aliphatic carbocycles. The summed E-state index contributed by atoms with van der Waals surface area (Å²) in [5.74, 6) is -0.303. The predicted molar refractivity (Wildman–Crippen MR) is 71.1 cm³/mol. The molecular weight excluding hydrogens is 258 g/mol. The van der Waals surface area contributed by atoms with E-state index in [-0.39, 0.29) is 54.5 Å². The summed E-state index contributed by atoms with van der Waals surface area (Å²) in [6.45, 7) is 2.10. The van der Waals surface area contributed by atoms with Gasteiger partial charge in [-0.25, -0.2) is 0 Å². The van der Waals surface area contributed by atoms with E-state index in [1.165, 1.54) is 4.90 Å². The van der Waals surface area contributed by atoms with Gasteiger partial charge in [0.2, 0.25) is 17.7 Å². The van der Waals surface area contributed by atoms with Crippen LogP contribution in [-0.2, 0) is 14.4 Å². The molecule has 4 unspecified atom stereocenters. The summed E-state index contributed by atoms with van der Waals surface area (Å²) < 4.78 is 0. The zero-order valence-corrected chi connectivity index (χ0v) is 11.4. The number of carbonyl (C=O) groups excluding carboxylic acids is 3. The van der Waals surface area contributed by atoms with Crippen molar-refractivity contribution in [2.75, 3.05) is 13.1 Å². The number of hydrogen-bond donors (Lipinski definition) is 2. The van der Waals surface area contributed by atoms with E-state index in [4.69, 9.17) is 5.73 Å². The molecule has 3 rings (SSSR count). The van der Waals surface area contributed by atoms with Gasteiger partial charge in [0, 0.05) is 13.1 Å². The molecule has 3 N–H and O–H groups in total. The molecule has 0 aromatic rings. The van der Waals surface area contributed by atoms with Crippen LogP contribution in [-0.4, -0.2) is 41.8 Å². The van der Waals surface area contributed by atoms with E-state index in [0.717, 1.165) is 6.42 Å². The van der Waals surface area contributed by atoms with Crippen LogP contribution < -0.4 is 11.1 Å². The van der Waals surface area contributed by atoms with E-state index >= 15 is 0 Å². The minimum Gasteiger partial charge on any atom is -0.353 e. The first-order chi connectivity index (χ1) is 9.50. The van der Waals surface area contributed by atoms with Crippen molar-refractivity contribution in [1.29, 1.82) is 0 Å². The normalized spacial score (nSPS) is 35.6. The fraction of sp³-hybridized carbons (Fsp3) is 0.643. The first-order valence-electron chi connectivity index (χ1n) is 7.07. The van der Waals surface area contributed by atoms with Gasteiger partial charge in [0.25, 0.3) is 0 Å². The predicted octanol–water partition coefficient (Wildman–Crippen LogP) is -0.743. The second-order valence-electron chi connectivity index (χ2n) is 5.91. The topological polar surface area (TPSA) is 92.5 Å². The van der Waals surface area contributed by atoms with Crippen LogP contribution >= 0.6 is 0 Å². The highest BCUT2D eigenvalue weighted by Crippen LogP contribution is 2.52. The Bertz CT molecular complexity index is 470. The summed E-state index contributed by atoms with van der Waals surface area (Å²) in [5.41, 5.74) is 5.44. The van der Waals surface area contributed by atoms with Crippen LogP contribution in [0.5, 0.6) is 0 Å². The molecule has 1 saturated heterocycles. The molecule has 2 bridgehead atoms. The van der Waals surface area contributed by atoms with Gasteiger partial charge in [0.05, 0.1) is 17.9 Å². The minimum atomic E-state index is -0.584. The zero-order valence-electron chi connectivity index (χ0n) is 11.4. The van der Waals surface area contributed by atoms with E-state index in [1.54, 1.807) is 6.92 Å². The highest BCUT2D eigenvalue weighted by atomic mass is 16.2. The van der Waals surface area contributed by atoms with Crippen molar-refractivity contribution < 1.29 is 14.4 Å². The Morgan fingerprint density at radius 1 is 1.35 bits per heavy atom. The van der Waals surface area contributed by atoms with Crippen LogP contribution in [0.3, 0.4) is 0 Å². The van der Waals surface area contributed by atoms with E-state index in [9.17, 15) is 14.4 Å². The fourth-order valence-corrected chi connectivity index (χ4v) is 3.64.